The lowest BCUT2D eigenvalue weighted by Gasteiger charge is -2.10. The van der Waals surface area contributed by atoms with E-state index in [0.717, 1.165) is 22.4 Å². The molecule has 0 aliphatic rings. The molecule has 0 radical (unpaired) electrons. The first-order valence-corrected chi connectivity index (χ1v) is 11.3. The molecule has 174 valence electrons. The Morgan fingerprint density at radius 1 is 0.941 bits per heavy atom. The Hall–Kier alpha value is -3.97. The molecule has 0 fully saturated rings. The van der Waals surface area contributed by atoms with Gasteiger partial charge in [0.1, 0.15) is 6.61 Å². The van der Waals surface area contributed by atoms with Gasteiger partial charge in [-0.05, 0) is 62.7 Å². The number of carbonyl (C=O) groups excluding carboxylic acids is 1. The molecule has 7 heteroatoms. The second-order valence-electron chi connectivity index (χ2n) is 7.86. The average Bonchev–Trinajstić information content (AvgIpc) is 3.27. The fourth-order valence-electron chi connectivity index (χ4n) is 3.46. The molecule has 1 N–H and O–H groups in total. The third kappa shape index (κ3) is 5.50. The highest BCUT2D eigenvalue weighted by molar-refractivity contribution is 6.04. The maximum Gasteiger partial charge on any atom is 0.336 e. The quantitative estimate of drug-likeness (QED) is 0.350. The van der Waals surface area contributed by atoms with E-state index >= 15 is 0 Å². The van der Waals surface area contributed by atoms with Crippen LogP contribution in [0.3, 0.4) is 0 Å². The molecule has 0 atom stereocenters. The Kier molecular flexibility index (Phi) is 7.34. The molecular weight excluding hydrogens is 428 g/mol. The zero-order valence-electron chi connectivity index (χ0n) is 19.6. The molecule has 4 rings (SSSR count). The summed E-state index contributed by atoms with van der Waals surface area (Å²) in [5.41, 5.74) is 5.27. The molecule has 4 aromatic rings. The van der Waals surface area contributed by atoms with Crippen LogP contribution in [0.4, 0.5) is 5.69 Å². The van der Waals surface area contributed by atoms with E-state index in [2.05, 4.69) is 15.4 Å². The van der Waals surface area contributed by atoms with Crippen molar-refractivity contribution in [2.24, 2.45) is 0 Å². The fourth-order valence-corrected chi connectivity index (χ4v) is 3.46. The van der Waals surface area contributed by atoms with Crippen LogP contribution in [0.2, 0.25) is 0 Å². The van der Waals surface area contributed by atoms with E-state index in [1.807, 2.05) is 93.6 Å². The van der Waals surface area contributed by atoms with E-state index in [1.54, 1.807) is 4.68 Å². The number of benzene rings is 3. The van der Waals surface area contributed by atoms with Gasteiger partial charge in [-0.15, -0.1) is 5.10 Å². The molecule has 1 amide bonds. The topological polar surface area (TPSA) is 78.3 Å². The first-order valence-electron chi connectivity index (χ1n) is 11.3. The average molecular weight is 457 g/mol. The minimum Gasteiger partial charge on any atom is -0.460 e. The number of amides is 1. The van der Waals surface area contributed by atoms with Crippen molar-refractivity contribution in [1.82, 2.24) is 14.8 Å². The molecule has 0 saturated carbocycles. The van der Waals surface area contributed by atoms with Gasteiger partial charge in [-0.2, -0.15) is 4.98 Å². The molecule has 1 aromatic heterocycles. The predicted molar refractivity (Wildman–Crippen MR) is 133 cm³/mol. The maximum atomic E-state index is 12.5. The Morgan fingerprint density at radius 2 is 1.68 bits per heavy atom. The molecule has 0 saturated heterocycles. The van der Waals surface area contributed by atoms with Crippen molar-refractivity contribution in [2.75, 3.05) is 25.1 Å². The summed E-state index contributed by atoms with van der Waals surface area (Å²) in [7, 11) is 0. The number of anilines is 1. The van der Waals surface area contributed by atoms with Gasteiger partial charge in [0, 0.05) is 23.4 Å². The molecule has 0 aliphatic heterocycles. The number of nitrogens with one attached hydrogen (secondary N) is 1. The number of carbonyl (C=O) groups is 1. The van der Waals surface area contributed by atoms with Gasteiger partial charge in [0.2, 0.25) is 0 Å². The van der Waals surface area contributed by atoms with Crippen LogP contribution in [0, 0.1) is 13.8 Å². The number of hydrogen-bond acceptors (Lipinski definition) is 5. The Balaban J connectivity index is 1.58. The summed E-state index contributed by atoms with van der Waals surface area (Å²) in [5, 5.41) is 7.52. The van der Waals surface area contributed by atoms with E-state index in [9.17, 15) is 4.79 Å². The summed E-state index contributed by atoms with van der Waals surface area (Å²) in [6, 6.07) is 23.3. The highest BCUT2D eigenvalue weighted by Crippen LogP contribution is 2.27. The standard InChI is InChI=1S/C27H28N4O3/c1-4-33-17-18-34-27-29-25(24-8-6-5-7-20(24)3)31(30-27)23-15-13-22(14-16-23)28-26(32)21-11-9-19(2)10-12-21/h5-16H,4,17-18H2,1-3H3,(H,28,32). The van der Waals surface area contributed by atoms with Crippen LogP contribution in [0.1, 0.15) is 28.4 Å². The lowest BCUT2D eigenvalue weighted by atomic mass is 10.1. The third-order valence-electron chi connectivity index (χ3n) is 5.32. The van der Waals surface area contributed by atoms with Crippen LogP contribution in [0.15, 0.2) is 72.8 Å². The van der Waals surface area contributed by atoms with Crippen molar-refractivity contribution in [1.29, 1.82) is 0 Å². The third-order valence-corrected chi connectivity index (χ3v) is 5.32. The molecule has 3 aromatic carbocycles. The monoisotopic (exact) mass is 456 g/mol. The van der Waals surface area contributed by atoms with Crippen molar-refractivity contribution in [3.05, 3.63) is 89.5 Å². The van der Waals surface area contributed by atoms with Gasteiger partial charge < -0.3 is 14.8 Å². The SMILES string of the molecule is CCOCCOc1nc(-c2ccccc2C)n(-c2ccc(NC(=O)c3ccc(C)cc3)cc2)n1. The molecule has 1 heterocycles. The van der Waals surface area contributed by atoms with Crippen LogP contribution in [-0.2, 0) is 4.74 Å². The Bertz CT molecular complexity index is 1250. The molecule has 34 heavy (non-hydrogen) atoms. The second-order valence-corrected chi connectivity index (χ2v) is 7.86. The summed E-state index contributed by atoms with van der Waals surface area (Å²) in [6.07, 6.45) is 0. The molecule has 0 aliphatic carbocycles. The van der Waals surface area contributed by atoms with Crippen molar-refractivity contribution < 1.29 is 14.3 Å². The van der Waals surface area contributed by atoms with Crippen LogP contribution < -0.4 is 10.1 Å². The fraction of sp³-hybridized carbons (Fsp3) is 0.222. The lowest BCUT2D eigenvalue weighted by Crippen LogP contribution is -2.11. The van der Waals surface area contributed by atoms with Gasteiger partial charge >= 0.3 is 6.01 Å². The van der Waals surface area contributed by atoms with Crippen molar-refractivity contribution in [2.45, 2.75) is 20.8 Å². The second kappa shape index (κ2) is 10.8. The number of aromatic nitrogens is 3. The van der Waals surface area contributed by atoms with Gasteiger partial charge in [-0.3, -0.25) is 4.79 Å². The lowest BCUT2D eigenvalue weighted by molar-refractivity contribution is 0.102. The first kappa shape index (κ1) is 23.2. The van der Waals surface area contributed by atoms with Gasteiger partial charge in [0.25, 0.3) is 5.91 Å². The molecule has 0 unspecified atom stereocenters. The molecular formula is C27H28N4O3. The Labute approximate surface area is 199 Å². The number of hydrogen-bond donors (Lipinski definition) is 1. The van der Waals surface area contributed by atoms with E-state index in [1.165, 1.54) is 0 Å². The highest BCUT2D eigenvalue weighted by atomic mass is 16.5. The van der Waals surface area contributed by atoms with Crippen LogP contribution in [-0.4, -0.2) is 40.5 Å². The van der Waals surface area contributed by atoms with Gasteiger partial charge in [-0.25, -0.2) is 4.68 Å². The summed E-state index contributed by atoms with van der Waals surface area (Å²) in [5.74, 6) is 0.528. The van der Waals surface area contributed by atoms with E-state index in [-0.39, 0.29) is 11.9 Å². The van der Waals surface area contributed by atoms with Crippen molar-refractivity contribution in [3.8, 4) is 23.1 Å². The minimum atomic E-state index is -0.154. The largest absolute Gasteiger partial charge is 0.460 e. The normalized spacial score (nSPS) is 10.8. The van der Waals surface area contributed by atoms with Crippen molar-refractivity contribution in [3.63, 3.8) is 0 Å². The zero-order valence-corrected chi connectivity index (χ0v) is 19.6. The molecule has 0 bridgehead atoms. The van der Waals surface area contributed by atoms with Crippen LogP contribution >= 0.6 is 0 Å². The van der Waals surface area contributed by atoms with E-state index in [0.29, 0.717) is 36.9 Å². The van der Waals surface area contributed by atoms with Gasteiger partial charge in [-0.1, -0.05) is 42.0 Å². The van der Waals surface area contributed by atoms with Crippen molar-refractivity contribution >= 4 is 11.6 Å². The molecule has 0 spiro atoms. The summed E-state index contributed by atoms with van der Waals surface area (Å²) < 4.78 is 12.8. The summed E-state index contributed by atoms with van der Waals surface area (Å²) in [6.45, 7) is 7.44. The number of ether oxygens (including phenoxy) is 2. The maximum absolute atomic E-state index is 12.5. The highest BCUT2D eigenvalue weighted by Gasteiger charge is 2.16. The smallest absolute Gasteiger partial charge is 0.336 e. The first-order chi connectivity index (χ1) is 16.5. The predicted octanol–water partition coefficient (Wildman–Crippen LogP) is 5.22. The summed E-state index contributed by atoms with van der Waals surface area (Å²) in [4.78, 5) is 17.2. The number of rotatable bonds is 9. The summed E-state index contributed by atoms with van der Waals surface area (Å²) >= 11 is 0. The van der Waals surface area contributed by atoms with Gasteiger partial charge in [0.15, 0.2) is 5.82 Å². The van der Waals surface area contributed by atoms with E-state index in [4.69, 9.17) is 9.47 Å². The number of aryl methyl sites for hydroxylation is 2. The van der Waals surface area contributed by atoms with Gasteiger partial charge in [0.05, 0.1) is 12.3 Å². The minimum absolute atomic E-state index is 0.154. The van der Waals surface area contributed by atoms with E-state index < -0.39 is 0 Å². The Morgan fingerprint density at radius 3 is 2.38 bits per heavy atom. The van der Waals surface area contributed by atoms with Crippen LogP contribution in [0.25, 0.3) is 17.1 Å². The number of nitrogens with zero attached hydrogens (tertiary/aromatic N) is 3. The zero-order chi connectivity index (χ0) is 23.9. The molecule has 7 nitrogen and oxygen atoms in total. The van der Waals surface area contributed by atoms with Crippen LogP contribution in [0.5, 0.6) is 6.01 Å².